The Morgan fingerprint density at radius 1 is 1.20 bits per heavy atom. The van der Waals surface area contributed by atoms with Crippen LogP contribution in [0, 0.1) is 7.14 Å². The van der Waals surface area contributed by atoms with Crippen LogP contribution in [0.25, 0.3) is 10.9 Å². The third kappa shape index (κ3) is 5.24. The van der Waals surface area contributed by atoms with Crippen molar-refractivity contribution in [2.75, 3.05) is 0 Å². The van der Waals surface area contributed by atoms with E-state index in [1.54, 1.807) is 12.3 Å². The van der Waals surface area contributed by atoms with Crippen LogP contribution < -0.4 is 10.3 Å². The molecule has 3 aromatic rings. The number of nitrogens with zero attached hydrogens (tertiary/aromatic N) is 3. The van der Waals surface area contributed by atoms with E-state index in [2.05, 4.69) is 80.1 Å². The number of benzene rings is 2. The van der Waals surface area contributed by atoms with E-state index in [1.165, 1.54) is 4.68 Å². The van der Waals surface area contributed by atoms with Gasteiger partial charge in [0.25, 0.3) is 5.56 Å². The van der Waals surface area contributed by atoms with Gasteiger partial charge in [-0.3, -0.25) is 4.79 Å². The van der Waals surface area contributed by atoms with Gasteiger partial charge in [-0.05, 0) is 101 Å². The molecule has 0 amide bonds. The zero-order valence-corrected chi connectivity index (χ0v) is 23.0. The van der Waals surface area contributed by atoms with Gasteiger partial charge in [-0.1, -0.05) is 29.8 Å². The van der Waals surface area contributed by atoms with Crippen LogP contribution >= 0.6 is 61.1 Å². The fourth-order valence-corrected chi connectivity index (χ4v) is 5.34. The van der Waals surface area contributed by atoms with Gasteiger partial charge in [0.1, 0.15) is 11.6 Å². The highest BCUT2D eigenvalue weighted by atomic mass is 127. The number of hydrogen-bond acceptors (Lipinski definition) is 4. The lowest BCUT2D eigenvalue weighted by Crippen LogP contribution is -2.23. The van der Waals surface area contributed by atoms with E-state index >= 15 is 0 Å². The van der Waals surface area contributed by atoms with E-state index in [4.69, 9.17) is 9.72 Å². The Hall–Kier alpha value is -1.01. The summed E-state index contributed by atoms with van der Waals surface area (Å²) in [7, 11) is 0. The van der Waals surface area contributed by atoms with Crippen molar-refractivity contribution in [1.82, 2.24) is 9.66 Å². The molecule has 0 unspecified atom stereocenters. The molecule has 0 aliphatic rings. The smallest absolute Gasteiger partial charge is 0.282 e. The Kier molecular flexibility index (Phi) is 7.94. The maximum absolute atomic E-state index is 13.2. The number of rotatable bonds is 6. The van der Waals surface area contributed by atoms with Gasteiger partial charge in [-0.2, -0.15) is 9.78 Å². The summed E-state index contributed by atoms with van der Waals surface area (Å²) in [5.74, 6) is 1.64. The standard InChI is InChI=1S/C22H22BrI2N3O2/c1-5-13(4)21-27-19-7-6-15(23)10-16(19)22(29)28(21)26-11-14-8-17(24)20(18(25)9-14)30-12(2)3/h6-13H,5H2,1-4H3/t13-/m1/s1. The van der Waals surface area contributed by atoms with Crippen molar-refractivity contribution >= 4 is 78.2 Å². The molecular weight excluding hydrogens is 672 g/mol. The quantitative estimate of drug-likeness (QED) is 0.218. The van der Waals surface area contributed by atoms with E-state index in [1.807, 2.05) is 38.1 Å². The average Bonchev–Trinajstić information content (AvgIpc) is 2.69. The maximum atomic E-state index is 13.2. The first-order valence-electron chi connectivity index (χ1n) is 9.63. The summed E-state index contributed by atoms with van der Waals surface area (Å²) < 4.78 is 10.2. The van der Waals surface area contributed by atoms with Crippen LogP contribution in [0.3, 0.4) is 0 Å². The van der Waals surface area contributed by atoms with Crippen molar-refractivity contribution in [3.63, 3.8) is 0 Å². The van der Waals surface area contributed by atoms with Crippen molar-refractivity contribution in [1.29, 1.82) is 0 Å². The van der Waals surface area contributed by atoms with Crippen molar-refractivity contribution in [2.45, 2.75) is 46.1 Å². The minimum atomic E-state index is -0.169. The second-order valence-electron chi connectivity index (χ2n) is 7.28. The number of ether oxygens (including phenoxy) is 1. The highest BCUT2D eigenvalue weighted by Gasteiger charge is 2.16. The summed E-state index contributed by atoms with van der Waals surface area (Å²) in [6.07, 6.45) is 2.68. The van der Waals surface area contributed by atoms with E-state index < -0.39 is 0 Å². The fourth-order valence-electron chi connectivity index (χ4n) is 2.91. The van der Waals surface area contributed by atoms with E-state index in [0.29, 0.717) is 16.7 Å². The second kappa shape index (κ2) is 10.1. The Morgan fingerprint density at radius 2 is 1.87 bits per heavy atom. The monoisotopic (exact) mass is 693 g/mol. The molecule has 0 spiro atoms. The highest BCUT2D eigenvalue weighted by molar-refractivity contribution is 14.1. The Labute approximate surface area is 211 Å². The molecule has 5 nitrogen and oxygen atoms in total. The highest BCUT2D eigenvalue weighted by Crippen LogP contribution is 2.29. The Balaban J connectivity index is 2.11. The third-order valence-electron chi connectivity index (χ3n) is 4.58. The fraction of sp³-hybridized carbons (Fsp3) is 0.318. The first kappa shape index (κ1) is 23.6. The molecule has 1 atom stereocenters. The van der Waals surface area contributed by atoms with Gasteiger partial charge in [-0.15, -0.1) is 0 Å². The second-order valence-corrected chi connectivity index (χ2v) is 10.5. The summed E-state index contributed by atoms with van der Waals surface area (Å²) in [4.78, 5) is 18.0. The largest absolute Gasteiger partial charge is 0.489 e. The van der Waals surface area contributed by atoms with Gasteiger partial charge in [0.2, 0.25) is 0 Å². The lowest BCUT2D eigenvalue weighted by Gasteiger charge is -2.15. The Morgan fingerprint density at radius 3 is 2.47 bits per heavy atom. The van der Waals surface area contributed by atoms with Crippen LogP contribution in [-0.2, 0) is 0 Å². The van der Waals surface area contributed by atoms with Gasteiger partial charge in [0, 0.05) is 10.4 Å². The van der Waals surface area contributed by atoms with Gasteiger partial charge in [0.05, 0.1) is 30.4 Å². The molecule has 0 radical (unpaired) electrons. The summed E-state index contributed by atoms with van der Waals surface area (Å²) >= 11 is 7.97. The molecular formula is C22H22BrI2N3O2. The molecule has 2 aromatic carbocycles. The van der Waals surface area contributed by atoms with Crippen molar-refractivity contribution in [3.05, 3.63) is 63.7 Å². The first-order valence-corrected chi connectivity index (χ1v) is 12.6. The zero-order valence-electron chi connectivity index (χ0n) is 17.1. The van der Waals surface area contributed by atoms with E-state index in [9.17, 15) is 4.79 Å². The van der Waals surface area contributed by atoms with Crippen LogP contribution in [-0.4, -0.2) is 22.0 Å². The first-order chi connectivity index (χ1) is 14.2. The van der Waals surface area contributed by atoms with Crippen molar-refractivity contribution < 1.29 is 4.74 Å². The van der Waals surface area contributed by atoms with Crippen LogP contribution in [0.1, 0.15) is 51.4 Å². The number of halogens is 3. The molecule has 0 saturated heterocycles. The minimum absolute atomic E-state index is 0.102. The molecule has 0 bridgehead atoms. The SMILES string of the molecule is CC[C@@H](C)c1nc2ccc(Br)cc2c(=O)n1N=Cc1cc(I)c(OC(C)C)c(I)c1. The molecule has 0 fully saturated rings. The molecule has 1 heterocycles. The predicted molar refractivity (Wildman–Crippen MR) is 143 cm³/mol. The van der Waals surface area contributed by atoms with Gasteiger partial charge < -0.3 is 4.74 Å². The third-order valence-corrected chi connectivity index (χ3v) is 6.68. The molecule has 1 aromatic heterocycles. The maximum Gasteiger partial charge on any atom is 0.282 e. The van der Waals surface area contributed by atoms with Gasteiger partial charge in [0.15, 0.2) is 0 Å². The average molecular weight is 694 g/mol. The van der Waals surface area contributed by atoms with Gasteiger partial charge >= 0.3 is 0 Å². The van der Waals surface area contributed by atoms with E-state index in [0.717, 1.165) is 29.3 Å². The van der Waals surface area contributed by atoms with Crippen molar-refractivity contribution in [2.24, 2.45) is 5.10 Å². The molecule has 0 aliphatic heterocycles. The molecule has 30 heavy (non-hydrogen) atoms. The molecule has 0 aliphatic carbocycles. The molecule has 0 saturated carbocycles. The number of aromatic nitrogens is 2. The van der Waals surface area contributed by atoms with Gasteiger partial charge in [-0.25, -0.2) is 4.98 Å². The molecule has 158 valence electrons. The van der Waals surface area contributed by atoms with Crippen LogP contribution in [0.4, 0.5) is 0 Å². The van der Waals surface area contributed by atoms with E-state index in [-0.39, 0.29) is 17.6 Å². The van der Waals surface area contributed by atoms with Crippen molar-refractivity contribution in [3.8, 4) is 5.75 Å². The Bertz CT molecular complexity index is 1150. The zero-order chi connectivity index (χ0) is 22.0. The lowest BCUT2D eigenvalue weighted by atomic mass is 10.1. The summed E-state index contributed by atoms with van der Waals surface area (Å²) in [6, 6.07) is 9.55. The van der Waals surface area contributed by atoms with Crippen LogP contribution in [0.15, 0.2) is 44.7 Å². The minimum Gasteiger partial charge on any atom is -0.489 e. The molecule has 8 heteroatoms. The molecule has 0 N–H and O–H groups in total. The lowest BCUT2D eigenvalue weighted by molar-refractivity contribution is 0.239. The van der Waals surface area contributed by atoms with Crippen LogP contribution in [0.5, 0.6) is 5.75 Å². The summed E-state index contributed by atoms with van der Waals surface area (Å²) in [6.45, 7) is 8.15. The topological polar surface area (TPSA) is 56.5 Å². The normalized spacial score (nSPS) is 12.8. The summed E-state index contributed by atoms with van der Waals surface area (Å²) in [5, 5.41) is 5.09. The predicted octanol–water partition coefficient (Wildman–Crippen LogP) is 6.55. The number of hydrogen-bond donors (Lipinski definition) is 0. The summed E-state index contributed by atoms with van der Waals surface area (Å²) in [5.41, 5.74) is 1.41. The molecule has 3 rings (SSSR count). The van der Waals surface area contributed by atoms with Crippen LogP contribution in [0.2, 0.25) is 0 Å². The number of fused-ring (bicyclic) bond motifs is 1.